The SMILES string of the molecule is Cc1cc(-c2ccccc2)c(Br)cn1. The number of aromatic nitrogens is 1. The van der Waals surface area contributed by atoms with Crippen molar-refractivity contribution in [1.82, 2.24) is 4.98 Å². The molecule has 0 amide bonds. The van der Waals surface area contributed by atoms with Gasteiger partial charge in [0, 0.05) is 16.4 Å². The number of benzene rings is 1. The monoisotopic (exact) mass is 247 g/mol. The van der Waals surface area contributed by atoms with Gasteiger partial charge in [-0.25, -0.2) is 0 Å². The Morgan fingerprint density at radius 3 is 2.57 bits per heavy atom. The lowest BCUT2D eigenvalue weighted by atomic mass is 10.1. The maximum absolute atomic E-state index is 4.22. The first-order valence-electron chi connectivity index (χ1n) is 4.45. The molecule has 1 heterocycles. The number of halogens is 1. The van der Waals surface area contributed by atoms with Crippen molar-refractivity contribution in [2.75, 3.05) is 0 Å². The van der Waals surface area contributed by atoms with Gasteiger partial charge < -0.3 is 0 Å². The lowest BCUT2D eigenvalue weighted by Crippen LogP contribution is -1.84. The predicted molar refractivity (Wildman–Crippen MR) is 62.1 cm³/mol. The molecule has 0 aliphatic carbocycles. The molecule has 70 valence electrons. The van der Waals surface area contributed by atoms with Gasteiger partial charge in [0.05, 0.1) is 0 Å². The first-order chi connectivity index (χ1) is 6.77. The van der Waals surface area contributed by atoms with E-state index < -0.39 is 0 Å². The molecule has 2 aromatic rings. The normalized spacial score (nSPS) is 10.1. The Morgan fingerprint density at radius 2 is 1.86 bits per heavy atom. The summed E-state index contributed by atoms with van der Waals surface area (Å²) in [7, 11) is 0. The highest BCUT2D eigenvalue weighted by atomic mass is 79.9. The van der Waals surface area contributed by atoms with E-state index in [1.54, 1.807) is 0 Å². The van der Waals surface area contributed by atoms with E-state index in [0.29, 0.717) is 0 Å². The summed E-state index contributed by atoms with van der Waals surface area (Å²) >= 11 is 3.50. The van der Waals surface area contributed by atoms with Crippen LogP contribution in [0.3, 0.4) is 0 Å². The number of nitrogens with zero attached hydrogens (tertiary/aromatic N) is 1. The van der Waals surface area contributed by atoms with Gasteiger partial charge in [-0.2, -0.15) is 0 Å². The van der Waals surface area contributed by atoms with Crippen LogP contribution in [0.25, 0.3) is 11.1 Å². The molecule has 0 radical (unpaired) electrons. The molecule has 0 N–H and O–H groups in total. The fourth-order valence-electron chi connectivity index (χ4n) is 1.38. The van der Waals surface area contributed by atoms with Crippen LogP contribution in [0.2, 0.25) is 0 Å². The van der Waals surface area contributed by atoms with Crippen LogP contribution >= 0.6 is 15.9 Å². The van der Waals surface area contributed by atoms with Crippen molar-refractivity contribution in [3.8, 4) is 11.1 Å². The number of aryl methyl sites for hydroxylation is 1. The van der Waals surface area contributed by atoms with Crippen LogP contribution in [0.1, 0.15) is 5.69 Å². The van der Waals surface area contributed by atoms with Crippen LogP contribution in [0, 0.1) is 6.92 Å². The summed E-state index contributed by atoms with van der Waals surface area (Å²) in [4.78, 5) is 4.22. The maximum Gasteiger partial charge on any atom is 0.0437 e. The Morgan fingerprint density at radius 1 is 1.14 bits per heavy atom. The Labute approximate surface area is 91.9 Å². The van der Waals surface area contributed by atoms with Crippen molar-refractivity contribution in [3.63, 3.8) is 0 Å². The third-order valence-corrected chi connectivity index (χ3v) is 2.71. The molecule has 0 aliphatic rings. The van der Waals surface area contributed by atoms with E-state index in [9.17, 15) is 0 Å². The van der Waals surface area contributed by atoms with Gasteiger partial charge in [-0.3, -0.25) is 4.98 Å². The van der Waals surface area contributed by atoms with E-state index >= 15 is 0 Å². The Kier molecular flexibility index (Phi) is 2.64. The standard InChI is InChI=1S/C12H10BrN/c1-9-7-11(12(13)8-14-9)10-5-3-2-4-6-10/h2-8H,1H3. The van der Waals surface area contributed by atoms with Crippen molar-refractivity contribution in [2.24, 2.45) is 0 Å². The van der Waals surface area contributed by atoms with E-state index in [1.807, 2.05) is 31.3 Å². The molecule has 2 heteroatoms. The van der Waals surface area contributed by atoms with Gasteiger partial charge in [-0.1, -0.05) is 30.3 Å². The molecule has 0 atom stereocenters. The van der Waals surface area contributed by atoms with Gasteiger partial charge in [0.15, 0.2) is 0 Å². The third-order valence-electron chi connectivity index (χ3n) is 2.08. The Balaban J connectivity index is 2.57. The van der Waals surface area contributed by atoms with Crippen molar-refractivity contribution in [3.05, 3.63) is 52.8 Å². The van der Waals surface area contributed by atoms with Gasteiger partial charge >= 0.3 is 0 Å². The molecular weight excluding hydrogens is 238 g/mol. The van der Waals surface area contributed by atoms with Gasteiger partial charge in [0.25, 0.3) is 0 Å². The molecule has 0 saturated carbocycles. The Hall–Kier alpha value is -1.15. The first kappa shape index (κ1) is 9.41. The van der Waals surface area contributed by atoms with Gasteiger partial charge in [0.1, 0.15) is 0 Å². The quantitative estimate of drug-likeness (QED) is 0.747. The van der Waals surface area contributed by atoms with E-state index in [1.165, 1.54) is 11.1 Å². The Bertz CT molecular complexity index is 437. The highest BCUT2D eigenvalue weighted by Crippen LogP contribution is 2.27. The van der Waals surface area contributed by atoms with Gasteiger partial charge in [0.2, 0.25) is 0 Å². The zero-order valence-corrected chi connectivity index (χ0v) is 9.45. The smallest absolute Gasteiger partial charge is 0.0437 e. The van der Waals surface area contributed by atoms with Crippen LogP contribution in [-0.2, 0) is 0 Å². The summed E-state index contributed by atoms with van der Waals surface area (Å²) in [5.41, 5.74) is 3.44. The second kappa shape index (κ2) is 3.93. The summed E-state index contributed by atoms with van der Waals surface area (Å²) in [6.07, 6.45) is 1.84. The minimum atomic E-state index is 1.03. The minimum absolute atomic E-state index is 1.03. The zero-order valence-electron chi connectivity index (χ0n) is 7.87. The summed E-state index contributed by atoms with van der Waals surface area (Å²) in [5, 5.41) is 0. The molecule has 0 fully saturated rings. The topological polar surface area (TPSA) is 12.9 Å². The fourth-order valence-corrected chi connectivity index (χ4v) is 1.83. The van der Waals surface area contributed by atoms with Gasteiger partial charge in [-0.15, -0.1) is 0 Å². The van der Waals surface area contributed by atoms with Crippen LogP contribution in [-0.4, -0.2) is 4.98 Å². The second-order valence-electron chi connectivity index (χ2n) is 3.17. The predicted octanol–water partition coefficient (Wildman–Crippen LogP) is 3.82. The zero-order chi connectivity index (χ0) is 9.97. The molecule has 1 aromatic heterocycles. The molecule has 2 rings (SSSR count). The highest BCUT2D eigenvalue weighted by Gasteiger charge is 2.02. The van der Waals surface area contributed by atoms with Crippen LogP contribution in [0.5, 0.6) is 0 Å². The molecular formula is C12H10BrN. The second-order valence-corrected chi connectivity index (χ2v) is 4.03. The van der Waals surface area contributed by atoms with Crippen molar-refractivity contribution in [1.29, 1.82) is 0 Å². The van der Waals surface area contributed by atoms with E-state index in [0.717, 1.165) is 10.2 Å². The number of rotatable bonds is 1. The van der Waals surface area contributed by atoms with Crippen molar-refractivity contribution >= 4 is 15.9 Å². The van der Waals surface area contributed by atoms with Crippen molar-refractivity contribution in [2.45, 2.75) is 6.92 Å². The number of hydrogen-bond donors (Lipinski definition) is 0. The molecule has 1 aromatic carbocycles. The molecule has 0 bridgehead atoms. The molecule has 0 saturated heterocycles. The average molecular weight is 248 g/mol. The molecule has 0 unspecified atom stereocenters. The largest absolute Gasteiger partial charge is 0.260 e. The van der Waals surface area contributed by atoms with Crippen LogP contribution in [0.4, 0.5) is 0 Å². The summed E-state index contributed by atoms with van der Waals surface area (Å²) in [5.74, 6) is 0. The lowest BCUT2D eigenvalue weighted by molar-refractivity contribution is 1.19. The van der Waals surface area contributed by atoms with Crippen LogP contribution < -0.4 is 0 Å². The first-order valence-corrected chi connectivity index (χ1v) is 5.24. The molecule has 1 nitrogen and oxygen atoms in total. The molecule has 0 spiro atoms. The lowest BCUT2D eigenvalue weighted by Gasteiger charge is -2.04. The summed E-state index contributed by atoms with van der Waals surface area (Å²) in [6.45, 7) is 2.00. The van der Waals surface area contributed by atoms with E-state index in [4.69, 9.17) is 0 Å². The molecule has 0 aliphatic heterocycles. The van der Waals surface area contributed by atoms with Crippen LogP contribution in [0.15, 0.2) is 47.1 Å². The van der Waals surface area contributed by atoms with Crippen molar-refractivity contribution < 1.29 is 0 Å². The third kappa shape index (κ3) is 1.85. The summed E-state index contributed by atoms with van der Waals surface area (Å²) < 4.78 is 1.04. The average Bonchev–Trinajstić information content (AvgIpc) is 2.23. The molecule has 14 heavy (non-hydrogen) atoms. The van der Waals surface area contributed by atoms with E-state index in [2.05, 4.69) is 39.1 Å². The summed E-state index contributed by atoms with van der Waals surface area (Å²) in [6, 6.07) is 12.4. The highest BCUT2D eigenvalue weighted by molar-refractivity contribution is 9.10. The maximum atomic E-state index is 4.22. The van der Waals surface area contributed by atoms with E-state index in [-0.39, 0.29) is 0 Å². The minimum Gasteiger partial charge on any atom is -0.260 e. The number of pyridine rings is 1. The van der Waals surface area contributed by atoms with Gasteiger partial charge in [-0.05, 0) is 40.0 Å². The fraction of sp³-hybridized carbons (Fsp3) is 0.0833. The number of hydrogen-bond acceptors (Lipinski definition) is 1.